The van der Waals surface area contributed by atoms with E-state index in [-0.39, 0.29) is 23.7 Å². The van der Waals surface area contributed by atoms with Crippen LogP contribution < -0.4 is 19.1 Å². The monoisotopic (exact) mass is 516 g/mol. The fourth-order valence-corrected chi connectivity index (χ4v) is 4.88. The number of aryl methyl sites for hydroxylation is 2. The summed E-state index contributed by atoms with van der Waals surface area (Å²) in [7, 11) is -4.09. The molecule has 0 saturated carbocycles. The molecule has 7 nitrogen and oxygen atoms in total. The van der Waals surface area contributed by atoms with Crippen LogP contribution >= 0.6 is 11.6 Å². The highest BCUT2D eigenvalue weighted by atomic mass is 35.5. The van der Waals surface area contributed by atoms with Crippen molar-refractivity contribution < 1.29 is 22.7 Å². The first-order valence-electron chi connectivity index (χ1n) is 11.2. The molecular weight excluding hydrogens is 488 g/mol. The van der Waals surface area contributed by atoms with Gasteiger partial charge in [-0.1, -0.05) is 29.8 Å². The molecule has 186 valence electrons. The van der Waals surface area contributed by atoms with E-state index in [9.17, 15) is 13.2 Å². The van der Waals surface area contributed by atoms with Crippen molar-refractivity contribution in [3.05, 3.63) is 82.9 Å². The highest BCUT2D eigenvalue weighted by molar-refractivity contribution is 7.92. The van der Waals surface area contributed by atoms with Gasteiger partial charge >= 0.3 is 0 Å². The number of carbonyl (C=O) groups is 1. The number of amides is 1. The van der Waals surface area contributed by atoms with Crippen molar-refractivity contribution in [1.29, 1.82) is 0 Å². The normalized spacial score (nSPS) is 11.1. The topological polar surface area (TPSA) is 84.9 Å². The van der Waals surface area contributed by atoms with Gasteiger partial charge in [0.2, 0.25) is 5.91 Å². The third-order valence-corrected chi connectivity index (χ3v) is 7.32. The largest absolute Gasteiger partial charge is 0.492 e. The van der Waals surface area contributed by atoms with E-state index >= 15 is 0 Å². The van der Waals surface area contributed by atoms with Gasteiger partial charge in [-0.25, -0.2) is 8.42 Å². The quantitative estimate of drug-likeness (QED) is 0.372. The van der Waals surface area contributed by atoms with Crippen LogP contribution in [0.3, 0.4) is 0 Å². The number of sulfonamides is 1. The molecule has 0 spiro atoms. The van der Waals surface area contributed by atoms with Gasteiger partial charge in [-0.15, -0.1) is 0 Å². The molecule has 0 fully saturated rings. The number of para-hydroxylation sites is 2. The molecule has 3 rings (SSSR count). The fraction of sp³-hybridized carbons (Fsp3) is 0.269. The molecule has 1 amide bonds. The summed E-state index contributed by atoms with van der Waals surface area (Å²) in [5, 5.41) is 3.14. The van der Waals surface area contributed by atoms with Crippen LogP contribution in [0.4, 0.5) is 5.69 Å². The van der Waals surface area contributed by atoms with E-state index in [0.29, 0.717) is 23.1 Å². The number of hydrogen-bond acceptors (Lipinski definition) is 5. The molecule has 0 radical (unpaired) electrons. The second kappa shape index (κ2) is 12.0. The molecule has 0 aliphatic carbocycles. The molecule has 3 aromatic rings. The standard InChI is InChI=1S/C26H29ClN2O5S/c1-4-33-25-8-6-5-7-24(25)29(35(31,32)23-13-10-21(27)11-14-23)18-26(30)28-15-16-34-22-12-9-19(2)20(3)17-22/h5-14,17H,4,15-16,18H2,1-3H3,(H,28,30). The van der Waals surface area contributed by atoms with Gasteiger partial charge in [0.1, 0.15) is 24.7 Å². The lowest BCUT2D eigenvalue weighted by Gasteiger charge is -2.26. The van der Waals surface area contributed by atoms with Crippen LogP contribution in [0.2, 0.25) is 5.02 Å². The third-order valence-electron chi connectivity index (χ3n) is 5.29. The summed E-state index contributed by atoms with van der Waals surface area (Å²) in [6, 6.07) is 18.3. The average Bonchev–Trinajstić information content (AvgIpc) is 2.83. The number of ether oxygens (including phenoxy) is 2. The molecule has 0 aromatic heterocycles. The Morgan fingerprint density at radius 3 is 2.37 bits per heavy atom. The second-order valence-electron chi connectivity index (χ2n) is 7.81. The number of halogens is 1. The Morgan fingerprint density at radius 1 is 0.971 bits per heavy atom. The zero-order valence-corrected chi connectivity index (χ0v) is 21.5. The van der Waals surface area contributed by atoms with E-state index in [1.54, 1.807) is 31.2 Å². The lowest BCUT2D eigenvalue weighted by molar-refractivity contribution is -0.119. The smallest absolute Gasteiger partial charge is 0.264 e. The molecule has 0 aliphatic heterocycles. The summed E-state index contributed by atoms with van der Waals surface area (Å²) < 4.78 is 39.4. The lowest BCUT2D eigenvalue weighted by Crippen LogP contribution is -2.42. The van der Waals surface area contributed by atoms with Crippen LogP contribution in [0, 0.1) is 13.8 Å². The number of carbonyl (C=O) groups excluding carboxylic acids is 1. The Labute approximate surface area is 211 Å². The first-order chi connectivity index (χ1) is 16.7. The van der Waals surface area contributed by atoms with Crippen LogP contribution in [0.5, 0.6) is 11.5 Å². The number of nitrogens with zero attached hydrogens (tertiary/aromatic N) is 1. The molecule has 35 heavy (non-hydrogen) atoms. The van der Waals surface area contributed by atoms with Crippen LogP contribution in [0.1, 0.15) is 18.1 Å². The van der Waals surface area contributed by atoms with Crippen molar-refractivity contribution in [2.45, 2.75) is 25.7 Å². The molecule has 0 aliphatic rings. The lowest BCUT2D eigenvalue weighted by atomic mass is 10.1. The Bertz CT molecular complexity index is 1260. The second-order valence-corrected chi connectivity index (χ2v) is 10.1. The average molecular weight is 517 g/mol. The Kier molecular flexibility index (Phi) is 9.01. The van der Waals surface area contributed by atoms with Crippen LogP contribution in [0.15, 0.2) is 71.6 Å². The Balaban J connectivity index is 1.76. The molecule has 0 atom stereocenters. The minimum atomic E-state index is -4.09. The SMILES string of the molecule is CCOc1ccccc1N(CC(=O)NCCOc1ccc(C)c(C)c1)S(=O)(=O)c1ccc(Cl)cc1. The van der Waals surface area contributed by atoms with E-state index in [1.165, 1.54) is 29.8 Å². The van der Waals surface area contributed by atoms with E-state index in [4.69, 9.17) is 21.1 Å². The van der Waals surface area contributed by atoms with Crippen molar-refractivity contribution in [2.75, 3.05) is 30.6 Å². The third kappa shape index (κ3) is 6.90. The van der Waals surface area contributed by atoms with E-state index in [2.05, 4.69) is 5.32 Å². The maximum atomic E-state index is 13.5. The summed E-state index contributed by atoms with van der Waals surface area (Å²) in [5.41, 5.74) is 2.55. The fourth-order valence-electron chi connectivity index (χ4n) is 3.32. The van der Waals surface area contributed by atoms with Crippen molar-refractivity contribution in [1.82, 2.24) is 5.32 Å². The zero-order chi connectivity index (χ0) is 25.4. The minimum absolute atomic E-state index is 0.0130. The molecule has 9 heteroatoms. The summed E-state index contributed by atoms with van der Waals surface area (Å²) in [5.74, 6) is 0.593. The minimum Gasteiger partial charge on any atom is -0.492 e. The summed E-state index contributed by atoms with van der Waals surface area (Å²) in [4.78, 5) is 12.8. The summed E-state index contributed by atoms with van der Waals surface area (Å²) in [6.07, 6.45) is 0. The Hall–Kier alpha value is -3.23. The zero-order valence-electron chi connectivity index (χ0n) is 20.0. The maximum Gasteiger partial charge on any atom is 0.264 e. The molecule has 0 heterocycles. The molecule has 0 saturated heterocycles. The predicted octanol–water partition coefficient (Wildman–Crippen LogP) is 4.75. The number of rotatable bonds is 11. The van der Waals surface area contributed by atoms with Crippen LogP contribution in [-0.4, -0.2) is 40.6 Å². The van der Waals surface area contributed by atoms with Gasteiger partial charge in [0.15, 0.2) is 0 Å². The first kappa shape index (κ1) is 26.4. The van der Waals surface area contributed by atoms with Gasteiger partial charge in [-0.3, -0.25) is 9.10 Å². The highest BCUT2D eigenvalue weighted by Gasteiger charge is 2.29. The summed E-state index contributed by atoms with van der Waals surface area (Å²) >= 11 is 5.94. The van der Waals surface area contributed by atoms with Crippen molar-refractivity contribution >= 4 is 33.2 Å². The highest BCUT2D eigenvalue weighted by Crippen LogP contribution is 2.32. The van der Waals surface area contributed by atoms with Crippen molar-refractivity contribution in [3.63, 3.8) is 0 Å². The van der Waals surface area contributed by atoms with E-state index in [0.717, 1.165) is 9.87 Å². The number of anilines is 1. The van der Waals surface area contributed by atoms with Crippen LogP contribution in [0.25, 0.3) is 0 Å². The molecule has 3 aromatic carbocycles. The first-order valence-corrected chi connectivity index (χ1v) is 13.0. The van der Waals surface area contributed by atoms with Gasteiger partial charge in [0.25, 0.3) is 10.0 Å². The molecule has 0 bridgehead atoms. The number of nitrogens with one attached hydrogen (secondary N) is 1. The molecular formula is C26H29ClN2O5S. The van der Waals surface area contributed by atoms with Gasteiger partial charge in [-0.2, -0.15) is 0 Å². The Morgan fingerprint density at radius 2 is 1.69 bits per heavy atom. The van der Waals surface area contributed by atoms with Gasteiger partial charge < -0.3 is 14.8 Å². The molecule has 0 unspecified atom stereocenters. The van der Waals surface area contributed by atoms with Gasteiger partial charge in [0, 0.05) is 5.02 Å². The maximum absolute atomic E-state index is 13.5. The number of hydrogen-bond donors (Lipinski definition) is 1. The predicted molar refractivity (Wildman–Crippen MR) is 138 cm³/mol. The summed E-state index contributed by atoms with van der Waals surface area (Å²) in [6.45, 7) is 6.19. The van der Waals surface area contributed by atoms with E-state index in [1.807, 2.05) is 32.0 Å². The van der Waals surface area contributed by atoms with E-state index < -0.39 is 22.5 Å². The molecule has 1 N–H and O–H groups in total. The van der Waals surface area contributed by atoms with Crippen LogP contribution in [-0.2, 0) is 14.8 Å². The van der Waals surface area contributed by atoms with Gasteiger partial charge in [-0.05, 0) is 80.4 Å². The van der Waals surface area contributed by atoms with Gasteiger partial charge in [0.05, 0.1) is 23.7 Å². The van der Waals surface area contributed by atoms with Crippen molar-refractivity contribution in [3.8, 4) is 11.5 Å². The van der Waals surface area contributed by atoms with Crippen molar-refractivity contribution in [2.24, 2.45) is 0 Å². The number of benzene rings is 3.